The molecule has 6 nitrogen and oxygen atoms in total. The third kappa shape index (κ3) is 5.43. The first-order valence-electron chi connectivity index (χ1n) is 8.65. The van der Waals surface area contributed by atoms with E-state index >= 15 is 0 Å². The number of aryl methyl sites for hydroxylation is 1. The van der Waals surface area contributed by atoms with E-state index in [9.17, 15) is 4.79 Å². The van der Waals surface area contributed by atoms with Crippen LogP contribution in [0.25, 0.3) is 11.5 Å². The Morgan fingerprint density at radius 2 is 1.96 bits per heavy atom. The van der Waals surface area contributed by atoms with Gasteiger partial charge in [0.05, 0.1) is 18.9 Å². The minimum atomic E-state index is -0.986. The molecular weight excluding hydrogens is 346 g/mol. The zero-order valence-electron chi connectivity index (χ0n) is 15.1. The number of aromatic nitrogens is 1. The Balaban J connectivity index is 1.54. The van der Waals surface area contributed by atoms with Gasteiger partial charge in [-0.05, 0) is 36.8 Å². The highest BCUT2D eigenvalue weighted by atomic mass is 16.5. The number of carboxylic acids is 1. The standard InChI is InChI=1S/C21H21NO5/c1-15-19(22-21(27-15)17-7-3-2-4-8-17)10-11-26-18-9-5-6-16(12-18)13-25-14-20(23)24/h2-9,12H,10-11,13-14H2,1H3,(H,23,24). The van der Waals surface area contributed by atoms with Gasteiger partial charge in [-0.3, -0.25) is 0 Å². The second-order valence-electron chi connectivity index (χ2n) is 6.02. The summed E-state index contributed by atoms with van der Waals surface area (Å²) < 4.78 is 16.6. The number of ether oxygens (including phenoxy) is 2. The molecule has 0 saturated carbocycles. The molecule has 0 amide bonds. The molecule has 3 aromatic rings. The Bertz CT molecular complexity index is 889. The van der Waals surface area contributed by atoms with E-state index in [-0.39, 0.29) is 13.2 Å². The van der Waals surface area contributed by atoms with Crippen LogP contribution in [0.2, 0.25) is 0 Å². The van der Waals surface area contributed by atoms with Crippen molar-refractivity contribution in [2.24, 2.45) is 0 Å². The SMILES string of the molecule is Cc1oc(-c2ccccc2)nc1CCOc1cccc(COCC(=O)O)c1. The summed E-state index contributed by atoms with van der Waals surface area (Å²) in [7, 11) is 0. The van der Waals surface area contributed by atoms with Gasteiger partial charge in [0, 0.05) is 12.0 Å². The first-order valence-corrected chi connectivity index (χ1v) is 8.65. The lowest BCUT2D eigenvalue weighted by Crippen LogP contribution is -2.07. The highest BCUT2D eigenvalue weighted by Crippen LogP contribution is 2.22. The van der Waals surface area contributed by atoms with Gasteiger partial charge in [0.25, 0.3) is 0 Å². The maximum absolute atomic E-state index is 10.5. The van der Waals surface area contributed by atoms with Crippen molar-refractivity contribution in [3.8, 4) is 17.2 Å². The van der Waals surface area contributed by atoms with Crippen LogP contribution in [-0.4, -0.2) is 29.3 Å². The van der Waals surface area contributed by atoms with E-state index in [1.54, 1.807) is 0 Å². The molecule has 0 aliphatic rings. The molecule has 140 valence electrons. The van der Waals surface area contributed by atoms with Gasteiger partial charge in [0.1, 0.15) is 18.1 Å². The van der Waals surface area contributed by atoms with Crippen molar-refractivity contribution in [2.45, 2.75) is 20.0 Å². The maximum atomic E-state index is 10.5. The zero-order chi connectivity index (χ0) is 19.1. The van der Waals surface area contributed by atoms with Crippen molar-refractivity contribution in [1.82, 2.24) is 4.98 Å². The van der Waals surface area contributed by atoms with Crippen molar-refractivity contribution < 1.29 is 23.8 Å². The molecule has 0 bridgehead atoms. The van der Waals surface area contributed by atoms with E-state index in [2.05, 4.69) is 4.98 Å². The highest BCUT2D eigenvalue weighted by molar-refractivity contribution is 5.68. The Morgan fingerprint density at radius 3 is 2.74 bits per heavy atom. The summed E-state index contributed by atoms with van der Waals surface area (Å²) >= 11 is 0. The van der Waals surface area contributed by atoms with Crippen LogP contribution in [-0.2, 0) is 22.6 Å². The number of hydrogen-bond acceptors (Lipinski definition) is 5. The van der Waals surface area contributed by atoms with Crippen LogP contribution in [0.4, 0.5) is 0 Å². The molecule has 0 fully saturated rings. The highest BCUT2D eigenvalue weighted by Gasteiger charge is 2.11. The molecule has 1 heterocycles. The Morgan fingerprint density at radius 1 is 1.15 bits per heavy atom. The minimum absolute atomic E-state index is 0.229. The van der Waals surface area contributed by atoms with Gasteiger partial charge in [-0.15, -0.1) is 0 Å². The number of oxazole rings is 1. The van der Waals surface area contributed by atoms with Crippen LogP contribution >= 0.6 is 0 Å². The quantitative estimate of drug-likeness (QED) is 0.618. The summed E-state index contributed by atoms with van der Waals surface area (Å²) in [5, 5.41) is 8.60. The topological polar surface area (TPSA) is 81.8 Å². The normalized spacial score (nSPS) is 10.7. The summed E-state index contributed by atoms with van der Waals surface area (Å²) in [6, 6.07) is 17.2. The first kappa shape index (κ1) is 18.7. The van der Waals surface area contributed by atoms with Crippen molar-refractivity contribution in [3.63, 3.8) is 0 Å². The number of carbonyl (C=O) groups is 1. The predicted octanol–water partition coefficient (Wildman–Crippen LogP) is 3.87. The fourth-order valence-corrected chi connectivity index (χ4v) is 2.61. The number of benzene rings is 2. The Kier molecular flexibility index (Phi) is 6.22. The summed E-state index contributed by atoms with van der Waals surface area (Å²) in [6.07, 6.45) is 0.627. The van der Waals surface area contributed by atoms with E-state index in [0.717, 1.165) is 22.6 Å². The number of aliphatic carboxylic acids is 1. The average Bonchev–Trinajstić information content (AvgIpc) is 3.03. The molecule has 1 aromatic heterocycles. The third-order valence-corrected chi connectivity index (χ3v) is 3.91. The largest absolute Gasteiger partial charge is 0.493 e. The third-order valence-electron chi connectivity index (χ3n) is 3.91. The second kappa shape index (κ2) is 9.00. The average molecular weight is 367 g/mol. The van der Waals surface area contributed by atoms with E-state index in [0.29, 0.717) is 24.7 Å². The molecule has 0 aliphatic heterocycles. The predicted molar refractivity (Wildman–Crippen MR) is 99.6 cm³/mol. The molecule has 0 radical (unpaired) electrons. The van der Waals surface area contributed by atoms with Crippen LogP contribution in [0.5, 0.6) is 5.75 Å². The van der Waals surface area contributed by atoms with Crippen molar-refractivity contribution in [1.29, 1.82) is 0 Å². The monoisotopic (exact) mass is 367 g/mol. The molecule has 0 unspecified atom stereocenters. The van der Waals surface area contributed by atoms with Gasteiger partial charge >= 0.3 is 5.97 Å². The van der Waals surface area contributed by atoms with Gasteiger partial charge in [-0.25, -0.2) is 9.78 Å². The summed E-state index contributed by atoms with van der Waals surface area (Å²) in [4.78, 5) is 15.1. The first-order chi connectivity index (χ1) is 13.1. The molecule has 2 aromatic carbocycles. The fourth-order valence-electron chi connectivity index (χ4n) is 2.61. The number of rotatable bonds is 9. The van der Waals surface area contributed by atoms with E-state index in [1.807, 2.05) is 61.5 Å². The Hall–Kier alpha value is -3.12. The Labute approximate surface area is 157 Å². The zero-order valence-corrected chi connectivity index (χ0v) is 15.1. The van der Waals surface area contributed by atoms with Crippen LogP contribution < -0.4 is 4.74 Å². The van der Waals surface area contributed by atoms with Crippen LogP contribution in [0, 0.1) is 6.92 Å². The van der Waals surface area contributed by atoms with E-state index < -0.39 is 5.97 Å². The molecular formula is C21H21NO5. The van der Waals surface area contributed by atoms with Crippen molar-refractivity contribution in [2.75, 3.05) is 13.2 Å². The number of nitrogens with zero attached hydrogens (tertiary/aromatic N) is 1. The van der Waals surface area contributed by atoms with Gasteiger partial charge in [0.2, 0.25) is 5.89 Å². The van der Waals surface area contributed by atoms with Crippen LogP contribution in [0.3, 0.4) is 0 Å². The van der Waals surface area contributed by atoms with E-state index in [1.165, 1.54) is 0 Å². The van der Waals surface area contributed by atoms with Crippen LogP contribution in [0.15, 0.2) is 59.0 Å². The lowest BCUT2D eigenvalue weighted by molar-refractivity contribution is -0.142. The smallest absolute Gasteiger partial charge is 0.329 e. The minimum Gasteiger partial charge on any atom is -0.493 e. The molecule has 0 spiro atoms. The van der Waals surface area contributed by atoms with Gasteiger partial charge in [-0.2, -0.15) is 0 Å². The fraction of sp³-hybridized carbons (Fsp3) is 0.238. The number of carboxylic acid groups (broad SMARTS) is 1. The summed E-state index contributed by atoms with van der Waals surface area (Å²) in [5.74, 6) is 1.12. The van der Waals surface area contributed by atoms with Crippen molar-refractivity contribution in [3.05, 3.63) is 71.6 Å². The van der Waals surface area contributed by atoms with Gasteiger partial charge < -0.3 is 19.0 Å². The molecule has 0 aliphatic carbocycles. The second-order valence-corrected chi connectivity index (χ2v) is 6.02. The van der Waals surface area contributed by atoms with Crippen molar-refractivity contribution >= 4 is 5.97 Å². The van der Waals surface area contributed by atoms with Gasteiger partial charge in [0.15, 0.2) is 0 Å². The molecule has 27 heavy (non-hydrogen) atoms. The molecule has 0 atom stereocenters. The molecule has 0 saturated heterocycles. The maximum Gasteiger partial charge on any atom is 0.329 e. The van der Waals surface area contributed by atoms with E-state index in [4.69, 9.17) is 19.0 Å². The van der Waals surface area contributed by atoms with Gasteiger partial charge in [-0.1, -0.05) is 30.3 Å². The molecule has 6 heteroatoms. The molecule has 1 N–H and O–H groups in total. The summed E-state index contributed by atoms with van der Waals surface area (Å²) in [6.45, 7) is 2.27. The summed E-state index contributed by atoms with van der Waals surface area (Å²) in [5.41, 5.74) is 2.68. The molecule has 3 rings (SSSR count). The van der Waals surface area contributed by atoms with Crippen LogP contribution in [0.1, 0.15) is 17.0 Å². The lowest BCUT2D eigenvalue weighted by atomic mass is 10.2. The lowest BCUT2D eigenvalue weighted by Gasteiger charge is -2.07. The number of hydrogen-bond donors (Lipinski definition) is 1.